The van der Waals surface area contributed by atoms with Gasteiger partial charge in [0.1, 0.15) is 17.3 Å². The fourth-order valence-corrected chi connectivity index (χ4v) is 5.08. The molecule has 158 valence electrons. The zero-order valence-electron chi connectivity index (χ0n) is 17.6. The Morgan fingerprint density at radius 1 is 1.06 bits per heavy atom. The first-order valence-electron chi connectivity index (χ1n) is 10.7. The summed E-state index contributed by atoms with van der Waals surface area (Å²) in [5, 5.41) is 3.31. The third-order valence-electron chi connectivity index (χ3n) is 6.81. The number of benzene rings is 2. The number of nitrogens with one attached hydrogen (secondary N) is 1. The van der Waals surface area contributed by atoms with Gasteiger partial charge in [0, 0.05) is 49.9 Å². The number of ether oxygens (including phenoxy) is 2. The van der Waals surface area contributed by atoms with Crippen LogP contribution in [0.15, 0.2) is 42.5 Å². The van der Waals surface area contributed by atoms with Gasteiger partial charge in [-0.05, 0) is 41.2 Å². The van der Waals surface area contributed by atoms with Gasteiger partial charge in [-0.2, -0.15) is 9.97 Å². The van der Waals surface area contributed by atoms with Gasteiger partial charge in [0.05, 0.1) is 12.8 Å². The fourth-order valence-electron chi connectivity index (χ4n) is 5.08. The second kappa shape index (κ2) is 6.85. The lowest BCUT2D eigenvalue weighted by Gasteiger charge is -2.23. The number of nitrogens with zero attached hydrogens (tertiary/aromatic N) is 3. The van der Waals surface area contributed by atoms with E-state index in [0.29, 0.717) is 29.6 Å². The Bertz CT molecular complexity index is 1170. The molecule has 2 atom stereocenters. The van der Waals surface area contributed by atoms with Crippen molar-refractivity contribution in [3.8, 4) is 28.6 Å². The Labute approximate surface area is 181 Å². The lowest BCUT2D eigenvalue weighted by molar-refractivity contribution is 0.404. The van der Waals surface area contributed by atoms with Crippen LogP contribution in [0.2, 0.25) is 0 Å². The number of hydrogen-bond acceptors (Lipinski definition) is 7. The monoisotopic (exact) mass is 415 g/mol. The summed E-state index contributed by atoms with van der Waals surface area (Å²) in [6, 6.07) is 14.6. The minimum Gasteiger partial charge on any atom is -0.497 e. The van der Waals surface area contributed by atoms with Crippen molar-refractivity contribution in [2.75, 3.05) is 37.5 Å². The number of anilines is 2. The first-order valence-corrected chi connectivity index (χ1v) is 10.7. The summed E-state index contributed by atoms with van der Waals surface area (Å²) in [4.78, 5) is 12.1. The summed E-state index contributed by atoms with van der Waals surface area (Å²) < 4.78 is 11.4. The fraction of sp³-hybridized carbons (Fsp3) is 0.333. The van der Waals surface area contributed by atoms with Gasteiger partial charge in [0.25, 0.3) is 0 Å². The summed E-state index contributed by atoms with van der Waals surface area (Å²) in [7, 11) is 3.60. The van der Waals surface area contributed by atoms with Crippen LogP contribution in [0.1, 0.15) is 11.3 Å². The van der Waals surface area contributed by atoms with Crippen molar-refractivity contribution in [3.63, 3.8) is 0 Å². The van der Waals surface area contributed by atoms with E-state index < -0.39 is 0 Å². The molecule has 0 spiro atoms. The molecule has 2 aromatic carbocycles. The predicted octanol–water partition coefficient (Wildman–Crippen LogP) is 3.28. The molecule has 1 saturated carbocycles. The third kappa shape index (κ3) is 2.91. The van der Waals surface area contributed by atoms with Gasteiger partial charge in [-0.1, -0.05) is 18.2 Å². The smallest absolute Gasteiger partial charge is 0.324 e. The summed E-state index contributed by atoms with van der Waals surface area (Å²) >= 11 is 0. The molecule has 1 aliphatic heterocycles. The van der Waals surface area contributed by atoms with E-state index in [1.807, 2.05) is 31.3 Å². The molecular weight excluding hydrogens is 390 g/mol. The van der Waals surface area contributed by atoms with Crippen LogP contribution >= 0.6 is 0 Å². The summed E-state index contributed by atoms with van der Waals surface area (Å²) in [5.41, 5.74) is 11.9. The van der Waals surface area contributed by atoms with Gasteiger partial charge in [-0.15, -0.1) is 0 Å². The van der Waals surface area contributed by atoms with E-state index in [-0.39, 0.29) is 0 Å². The minimum atomic E-state index is 0.335. The quantitative estimate of drug-likeness (QED) is 0.517. The summed E-state index contributed by atoms with van der Waals surface area (Å²) in [5.74, 6) is 3.48. The van der Waals surface area contributed by atoms with Gasteiger partial charge < -0.3 is 25.4 Å². The van der Waals surface area contributed by atoms with Crippen molar-refractivity contribution >= 4 is 11.5 Å². The van der Waals surface area contributed by atoms with Crippen LogP contribution in [-0.2, 0) is 6.42 Å². The van der Waals surface area contributed by atoms with Crippen molar-refractivity contribution < 1.29 is 9.47 Å². The SMILES string of the molecule is CNc1cccc2c1Cc1nc(Oc3cccc(OC)c3)nc(N3CC4C(N)C4C3)c1-2. The van der Waals surface area contributed by atoms with Crippen molar-refractivity contribution in [3.05, 3.63) is 53.7 Å². The van der Waals surface area contributed by atoms with Crippen LogP contribution in [0.3, 0.4) is 0 Å². The first-order chi connectivity index (χ1) is 15.2. The van der Waals surface area contributed by atoms with Crippen LogP contribution in [0.4, 0.5) is 11.5 Å². The normalized spacial score (nSPS) is 22.5. The Kier molecular flexibility index (Phi) is 4.08. The van der Waals surface area contributed by atoms with E-state index >= 15 is 0 Å². The summed E-state index contributed by atoms with van der Waals surface area (Å²) in [6.07, 6.45) is 0.756. The number of hydrogen-bond donors (Lipinski definition) is 2. The van der Waals surface area contributed by atoms with Crippen LogP contribution in [0.5, 0.6) is 17.5 Å². The molecule has 3 aromatic rings. The largest absolute Gasteiger partial charge is 0.497 e. The second-order valence-corrected chi connectivity index (χ2v) is 8.50. The highest BCUT2D eigenvalue weighted by Crippen LogP contribution is 2.50. The maximum Gasteiger partial charge on any atom is 0.324 e. The average Bonchev–Trinajstić information content (AvgIpc) is 3.15. The van der Waals surface area contributed by atoms with Gasteiger partial charge >= 0.3 is 6.01 Å². The number of fused-ring (bicyclic) bond motifs is 4. The zero-order valence-corrected chi connectivity index (χ0v) is 17.6. The molecule has 0 bridgehead atoms. The lowest BCUT2D eigenvalue weighted by Crippen LogP contribution is -2.29. The Morgan fingerprint density at radius 3 is 2.61 bits per heavy atom. The van der Waals surface area contributed by atoms with Gasteiger partial charge in [0.2, 0.25) is 0 Å². The van der Waals surface area contributed by atoms with Crippen LogP contribution in [0, 0.1) is 11.8 Å². The van der Waals surface area contributed by atoms with E-state index in [4.69, 9.17) is 25.2 Å². The van der Waals surface area contributed by atoms with E-state index in [1.165, 1.54) is 11.1 Å². The number of rotatable bonds is 5. The molecule has 1 saturated heterocycles. The van der Waals surface area contributed by atoms with Crippen molar-refractivity contribution in [1.82, 2.24) is 9.97 Å². The van der Waals surface area contributed by atoms with Gasteiger partial charge in [0.15, 0.2) is 0 Å². The minimum absolute atomic E-state index is 0.335. The maximum absolute atomic E-state index is 6.19. The molecule has 7 heteroatoms. The number of nitrogens with two attached hydrogens (primary N) is 1. The number of piperidine rings is 1. The number of methoxy groups -OCH3 is 1. The zero-order chi connectivity index (χ0) is 21.1. The van der Waals surface area contributed by atoms with Crippen LogP contribution in [-0.4, -0.2) is 43.3 Å². The molecule has 2 heterocycles. The van der Waals surface area contributed by atoms with Crippen molar-refractivity contribution in [2.24, 2.45) is 17.6 Å². The average molecular weight is 415 g/mol. The van der Waals surface area contributed by atoms with E-state index in [0.717, 1.165) is 48.0 Å². The third-order valence-corrected chi connectivity index (χ3v) is 6.81. The molecule has 2 unspecified atom stereocenters. The molecule has 6 rings (SSSR count). The highest BCUT2D eigenvalue weighted by molar-refractivity contribution is 5.88. The van der Waals surface area contributed by atoms with E-state index in [2.05, 4.69) is 28.4 Å². The van der Waals surface area contributed by atoms with Gasteiger partial charge in [-0.25, -0.2) is 0 Å². The number of aromatic nitrogens is 2. The molecule has 2 aliphatic carbocycles. The second-order valence-electron chi connectivity index (χ2n) is 8.50. The highest BCUT2D eigenvalue weighted by Gasteiger charge is 2.54. The standard InChI is InChI=1S/C24H25N5O2/c1-26-19-8-4-7-15-16(19)10-20-21(15)23(29-11-17-18(12-29)22(17)25)28-24(27-20)31-14-6-3-5-13(9-14)30-2/h3-9,17-18,22,26H,10-12,25H2,1-2H3. The Balaban J connectivity index is 1.43. The Morgan fingerprint density at radius 2 is 1.84 bits per heavy atom. The predicted molar refractivity (Wildman–Crippen MR) is 120 cm³/mol. The topological polar surface area (TPSA) is 85.5 Å². The molecule has 0 radical (unpaired) electrons. The lowest BCUT2D eigenvalue weighted by atomic mass is 10.1. The maximum atomic E-state index is 6.19. The molecule has 7 nitrogen and oxygen atoms in total. The molecule has 3 N–H and O–H groups in total. The van der Waals surface area contributed by atoms with Crippen molar-refractivity contribution in [1.29, 1.82) is 0 Å². The molecule has 1 aromatic heterocycles. The highest BCUT2D eigenvalue weighted by atomic mass is 16.5. The summed E-state index contributed by atoms with van der Waals surface area (Å²) in [6.45, 7) is 1.88. The Hall–Kier alpha value is -3.32. The molecule has 3 aliphatic rings. The van der Waals surface area contributed by atoms with E-state index in [1.54, 1.807) is 7.11 Å². The molecule has 0 amide bonds. The van der Waals surface area contributed by atoms with Gasteiger partial charge in [-0.3, -0.25) is 0 Å². The molecule has 2 fully saturated rings. The molecule has 31 heavy (non-hydrogen) atoms. The van der Waals surface area contributed by atoms with E-state index in [9.17, 15) is 0 Å². The molecular formula is C24H25N5O2. The first kappa shape index (κ1) is 18.4. The van der Waals surface area contributed by atoms with Crippen molar-refractivity contribution in [2.45, 2.75) is 12.5 Å². The van der Waals surface area contributed by atoms with Crippen LogP contribution in [0.25, 0.3) is 11.1 Å². The van der Waals surface area contributed by atoms with Crippen LogP contribution < -0.4 is 25.4 Å².